The summed E-state index contributed by atoms with van der Waals surface area (Å²) in [5.74, 6) is -10.1. The fourth-order valence-corrected chi connectivity index (χ4v) is 5.81. The van der Waals surface area contributed by atoms with Gasteiger partial charge in [0.2, 0.25) is 0 Å². The smallest absolute Gasteiger partial charge is 0.429 e. The summed E-state index contributed by atoms with van der Waals surface area (Å²) in [7, 11) is 0. The molecule has 3 aromatic carbocycles. The van der Waals surface area contributed by atoms with Gasteiger partial charge < -0.3 is 4.74 Å². The van der Waals surface area contributed by atoms with Crippen molar-refractivity contribution in [3.8, 4) is 28.1 Å². The van der Waals surface area contributed by atoms with Crippen molar-refractivity contribution < 1.29 is 39.9 Å². The summed E-state index contributed by atoms with van der Waals surface area (Å²) < 4.78 is 118. The van der Waals surface area contributed by atoms with Crippen LogP contribution in [0.2, 0.25) is 0 Å². The number of allylic oxidation sites excluding steroid dienone is 2. The van der Waals surface area contributed by atoms with Crippen molar-refractivity contribution in [1.82, 2.24) is 4.98 Å². The number of ether oxygens (including phenoxy) is 1. The number of aromatic nitrogens is 1. The summed E-state index contributed by atoms with van der Waals surface area (Å²) in [5, 5.41) is 0. The maximum absolute atomic E-state index is 15.2. The van der Waals surface area contributed by atoms with E-state index in [9.17, 15) is 30.7 Å². The van der Waals surface area contributed by atoms with Crippen molar-refractivity contribution in [1.29, 1.82) is 0 Å². The van der Waals surface area contributed by atoms with Crippen LogP contribution in [0.5, 0.6) is 5.75 Å². The van der Waals surface area contributed by atoms with Gasteiger partial charge in [-0.25, -0.2) is 26.3 Å². The second-order valence-corrected chi connectivity index (χ2v) is 11.2. The number of nitrogens with zero attached hydrogens (tertiary/aromatic N) is 1. The SMILES string of the molecule is C/C=C/CCC1CCC(c2ccc(-c3ccc(-c4cc(F)c(C(F)(F)Oc5cc(F)c(F)c(F)c5)c(F)c4)c(F)c3)nc2)CC1. The first kappa shape index (κ1) is 32.2. The minimum absolute atomic E-state index is 0.106. The summed E-state index contributed by atoms with van der Waals surface area (Å²) in [6.07, 6.45) is 8.09. The van der Waals surface area contributed by atoms with Gasteiger partial charge in [0.1, 0.15) is 28.8 Å². The highest BCUT2D eigenvalue weighted by Gasteiger charge is 2.41. The second kappa shape index (κ2) is 13.4. The lowest BCUT2D eigenvalue weighted by molar-refractivity contribution is -0.189. The average molecular weight is 632 g/mol. The van der Waals surface area contributed by atoms with E-state index in [1.165, 1.54) is 18.6 Å². The molecule has 0 radical (unpaired) electrons. The van der Waals surface area contributed by atoms with Crippen LogP contribution in [-0.4, -0.2) is 4.98 Å². The predicted molar refractivity (Wildman–Crippen MR) is 155 cm³/mol. The first-order valence-corrected chi connectivity index (χ1v) is 14.5. The van der Waals surface area contributed by atoms with Crippen LogP contribution in [0.25, 0.3) is 22.4 Å². The van der Waals surface area contributed by atoms with Gasteiger partial charge in [-0.2, -0.15) is 8.78 Å². The van der Waals surface area contributed by atoms with E-state index in [-0.39, 0.29) is 23.3 Å². The lowest BCUT2D eigenvalue weighted by atomic mass is 9.77. The van der Waals surface area contributed by atoms with E-state index in [4.69, 9.17) is 0 Å². The van der Waals surface area contributed by atoms with Crippen molar-refractivity contribution in [2.45, 2.75) is 57.5 Å². The molecule has 0 unspecified atom stereocenters. The molecule has 1 heterocycles. The van der Waals surface area contributed by atoms with Crippen molar-refractivity contribution in [2.24, 2.45) is 5.92 Å². The molecule has 236 valence electrons. The molecular formula is C35H29F8NO. The van der Waals surface area contributed by atoms with Crippen LogP contribution in [0.15, 0.2) is 72.9 Å². The molecule has 10 heteroatoms. The maximum Gasteiger partial charge on any atom is 0.432 e. The highest BCUT2D eigenvalue weighted by Crippen LogP contribution is 2.40. The monoisotopic (exact) mass is 631 g/mol. The van der Waals surface area contributed by atoms with Crippen molar-refractivity contribution >= 4 is 0 Å². The Labute approximate surface area is 255 Å². The molecular weight excluding hydrogens is 602 g/mol. The molecule has 1 saturated carbocycles. The minimum Gasteiger partial charge on any atom is -0.429 e. The van der Waals surface area contributed by atoms with E-state index >= 15 is 4.39 Å². The van der Waals surface area contributed by atoms with Gasteiger partial charge in [0.05, 0.1) is 5.69 Å². The van der Waals surface area contributed by atoms with Crippen LogP contribution >= 0.6 is 0 Å². The Kier molecular flexibility index (Phi) is 9.60. The number of rotatable bonds is 9. The van der Waals surface area contributed by atoms with Crippen LogP contribution in [-0.2, 0) is 6.11 Å². The molecule has 2 nitrogen and oxygen atoms in total. The Hall–Kier alpha value is -4.21. The van der Waals surface area contributed by atoms with E-state index in [1.54, 1.807) is 12.3 Å². The van der Waals surface area contributed by atoms with Gasteiger partial charge in [-0.15, -0.1) is 0 Å². The average Bonchev–Trinajstić information content (AvgIpc) is 2.99. The summed E-state index contributed by atoms with van der Waals surface area (Å²) >= 11 is 0. The van der Waals surface area contributed by atoms with E-state index in [0.717, 1.165) is 49.7 Å². The summed E-state index contributed by atoms with van der Waals surface area (Å²) in [4.78, 5) is 4.50. The highest BCUT2D eigenvalue weighted by molar-refractivity contribution is 5.70. The number of pyridine rings is 1. The Morgan fingerprint density at radius 1 is 0.778 bits per heavy atom. The Bertz CT molecular complexity index is 1650. The summed E-state index contributed by atoms with van der Waals surface area (Å²) in [6, 6.07) is 8.83. The van der Waals surface area contributed by atoms with Gasteiger partial charge in [-0.3, -0.25) is 4.98 Å². The van der Waals surface area contributed by atoms with Crippen molar-refractivity contribution in [3.05, 3.63) is 119 Å². The number of hydrogen-bond acceptors (Lipinski definition) is 2. The maximum atomic E-state index is 15.2. The molecule has 0 spiro atoms. The lowest BCUT2D eigenvalue weighted by Crippen LogP contribution is -2.25. The first-order chi connectivity index (χ1) is 21.5. The third-order valence-corrected chi connectivity index (χ3v) is 8.19. The topological polar surface area (TPSA) is 22.1 Å². The zero-order valence-corrected chi connectivity index (χ0v) is 24.2. The standard InChI is InChI=1S/C35H29F8NO/c1-2-3-4-5-20-6-8-21(9-7-20)23-11-13-32(44-19-23)22-10-12-26(27(36)14-22)24-15-28(37)33(29(38)16-24)35(42,43)45-25-17-30(39)34(41)31(40)18-25/h2-3,10-21H,4-9H2,1H3/b3-2+. The third-order valence-electron chi connectivity index (χ3n) is 8.19. The zero-order chi connectivity index (χ0) is 32.3. The molecule has 5 rings (SSSR count). The predicted octanol–water partition coefficient (Wildman–Crippen LogP) is 11.0. The molecule has 0 bridgehead atoms. The Balaban J connectivity index is 1.30. The Morgan fingerprint density at radius 3 is 2.00 bits per heavy atom. The van der Waals surface area contributed by atoms with Gasteiger partial charge in [-0.05, 0) is 92.7 Å². The molecule has 4 aromatic rings. The van der Waals surface area contributed by atoms with Gasteiger partial charge >= 0.3 is 6.11 Å². The first-order valence-electron chi connectivity index (χ1n) is 14.5. The molecule has 0 amide bonds. The van der Waals surface area contributed by atoms with Crippen molar-refractivity contribution in [2.75, 3.05) is 0 Å². The molecule has 1 aliphatic carbocycles. The van der Waals surface area contributed by atoms with Crippen LogP contribution in [0.4, 0.5) is 35.1 Å². The fraction of sp³-hybridized carbons (Fsp3) is 0.286. The Morgan fingerprint density at radius 2 is 1.42 bits per heavy atom. The van der Waals surface area contributed by atoms with E-state index < -0.39 is 52.3 Å². The fourth-order valence-electron chi connectivity index (χ4n) is 5.81. The van der Waals surface area contributed by atoms with Crippen LogP contribution in [0.3, 0.4) is 0 Å². The normalized spacial score (nSPS) is 17.2. The largest absolute Gasteiger partial charge is 0.432 e. The van der Waals surface area contributed by atoms with Crippen LogP contribution in [0, 0.1) is 40.8 Å². The molecule has 1 fully saturated rings. The summed E-state index contributed by atoms with van der Waals surface area (Å²) in [5.41, 5.74) is -0.506. The van der Waals surface area contributed by atoms with Gasteiger partial charge in [0, 0.05) is 29.5 Å². The molecule has 1 aromatic heterocycles. The molecule has 1 aliphatic rings. The van der Waals surface area contributed by atoms with Gasteiger partial charge in [0.25, 0.3) is 0 Å². The van der Waals surface area contributed by atoms with Gasteiger partial charge in [0.15, 0.2) is 17.5 Å². The highest BCUT2D eigenvalue weighted by atomic mass is 19.3. The molecule has 0 atom stereocenters. The van der Waals surface area contributed by atoms with Crippen LogP contribution < -0.4 is 4.74 Å². The molecule has 0 N–H and O–H groups in total. The number of halogens is 8. The zero-order valence-electron chi connectivity index (χ0n) is 24.2. The van der Waals surface area contributed by atoms with E-state index in [0.29, 0.717) is 29.3 Å². The molecule has 0 saturated heterocycles. The second-order valence-electron chi connectivity index (χ2n) is 11.2. The third kappa shape index (κ3) is 7.21. The molecule has 0 aliphatic heterocycles. The minimum atomic E-state index is -4.75. The lowest BCUT2D eigenvalue weighted by Gasteiger charge is -2.28. The number of benzene rings is 3. The van der Waals surface area contributed by atoms with E-state index in [1.807, 2.05) is 13.0 Å². The van der Waals surface area contributed by atoms with E-state index in [2.05, 4.69) is 21.9 Å². The number of hydrogen-bond donors (Lipinski definition) is 0. The summed E-state index contributed by atoms with van der Waals surface area (Å²) in [6.45, 7) is 2.03. The van der Waals surface area contributed by atoms with Crippen molar-refractivity contribution in [3.63, 3.8) is 0 Å². The van der Waals surface area contributed by atoms with Crippen LogP contribution in [0.1, 0.15) is 62.5 Å². The molecule has 45 heavy (non-hydrogen) atoms. The van der Waals surface area contributed by atoms with Gasteiger partial charge in [-0.1, -0.05) is 30.4 Å². The quantitative estimate of drug-likeness (QED) is 0.104. The number of alkyl halides is 2.